The topological polar surface area (TPSA) is 66.7 Å². The third-order valence-electron chi connectivity index (χ3n) is 5.62. The van der Waals surface area contributed by atoms with Gasteiger partial charge in [-0.05, 0) is 51.5 Å². The third-order valence-corrected chi connectivity index (χ3v) is 9.06. The van der Waals surface area contributed by atoms with Gasteiger partial charge < -0.3 is 9.42 Å². The summed E-state index contributed by atoms with van der Waals surface area (Å²) < 4.78 is 33.7. The van der Waals surface area contributed by atoms with Crippen molar-refractivity contribution in [3.63, 3.8) is 0 Å². The van der Waals surface area contributed by atoms with Crippen molar-refractivity contribution in [2.75, 3.05) is 31.1 Å². The molecule has 9 heteroatoms. The number of nitrogens with zero attached hydrogens (tertiary/aromatic N) is 3. The van der Waals surface area contributed by atoms with Crippen LogP contribution in [-0.4, -0.2) is 44.1 Å². The molecule has 0 bridgehead atoms. The van der Waals surface area contributed by atoms with Crippen LogP contribution in [0.25, 0.3) is 10.6 Å². The highest BCUT2D eigenvalue weighted by atomic mass is 35.5. The molecule has 3 aromatic rings. The molecule has 3 heterocycles. The van der Waals surface area contributed by atoms with Gasteiger partial charge in [-0.25, -0.2) is 8.42 Å². The zero-order valence-corrected chi connectivity index (χ0v) is 19.8. The Hall–Kier alpha value is -1.87. The normalized spacial score (nSPS) is 15.7. The van der Waals surface area contributed by atoms with Gasteiger partial charge >= 0.3 is 0 Å². The second kappa shape index (κ2) is 8.00. The van der Waals surface area contributed by atoms with Gasteiger partial charge in [0.2, 0.25) is 10.0 Å². The minimum atomic E-state index is -3.58. The minimum Gasteiger partial charge on any atom is -0.369 e. The second-order valence-electron chi connectivity index (χ2n) is 7.58. The van der Waals surface area contributed by atoms with Crippen LogP contribution >= 0.6 is 22.9 Å². The first-order valence-corrected chi connectivity index (χ1v) is 12.4. The van der Waals surface area contributed by atoms with Crippen molar-refractivity contribution in [1.29, 1.82) is 0 Å². The Labute approximate surface area is 186 Å². The van der Waals surface area contributed by atoms with Crippen molar-refractivity contribution in [3.05, 3.63) is 51.0 Å². The average Bonchev–Trinajstić information content (AvgIpc) is 3.26. The fourth-order valence-electron chi connectivity index (χ4n) is 3.71. The second-order valence-corrected chi connectivity index (χ2v) is 11.2. The summed E-state index contributed by atoms with van der Waals surface area (Å²) >= 11 is 7.58. The monoisotopic (exact) mass is 465 g/mol. The van der Waals surface area contributed by atoms with Crippen LogP contribution in [-0.2, 0) is 10.0 Å². The SMILES string of the molecule is Cc1ccc(Cl)cc1N1CCN(S(=O)(=O)c2cc(-c3onc(C)c3C)sc2C)CC1. The fourth-order valence-corrected chi connectivity index (χ4v) is 6.89. The highest BCUT2D eigenvalue weighted by Crippen LogP contribution is 2.37. The lowest BCUT2D eigenvalue weighted by Crippen LogP contribution is -2.48. The molecule has 0 N–H and O–H groups in total. The number of benzene rings is 1. The summed E-state index contributed by atoms with van der Waals surface area (Å²) in [6, 6.07) is 7.52. The number of rotatable bonds is 4. The number of piperazine rings is 1. The number of hydrogen-bond acceptors (Lipinski definition) is 6. The number of thiophene rings is 1. The molecule has 0 amide bonds. The molecule has 0 saturated carbocycles. The van der Waals surface area contributed by atoms with Crippen LogP contribution in [0.4, 0.5) is 5.69 Å². The van der Waals surface area contributed by atoms with Gasteiger partial charge in [-0.15, -0.1) is 11.3 Å². The van der Waals surface area contributed by atoms with E-state index in [1.807, 2.05) is 45.9 Å². The van der Waals surface area contributed by atoms with Gasteiger partial charge in [0.15, 0.2) is 5.76 Å². The number of sulfonamides is 1. The first kappa shape index (κ1) is 21.4. The summed E-state index contributed by atoms with van der Waals surface area (Å²) in [5.74, 6) is 0.642. The first-order valence-electron chi connectivity index (χ1n) is 9.73. The molecule has 6 nitrogen and oxygen atoms in total. The lowest BCUT2D eigenvalue weighted by Gasteiger charge is -2.36. The van der Waals surface area contributed by atoms with Gasteiger partial charge in [-0.2, -0.15) is 4.31 Å². The molecule has 1 aromatic carbocycles. The van der Waals surface area contributed by atoms with E-state index in [0.717, 1.165) is 32.3 Å². The number of anilines is 1. The molecule has 0 radical (unpaired) electrons. The summed E-state index contributed by atoms with van der Waals surface area (Å²) in [6.45, 7) is 9.79. The largest absolute Gasteiger partial charge is 0.369 e. The van der Waals surface area contributed by atoms with Crippen LogP contribution in [0.3, 0.4) is 0 Å². The summed E-state index contributed by atoms with van der Waals surface area (Å²) in [5, 5.41) is 4.68. The zero-order valence-electron chi connectivity index (χ0n) is 17.4. The molecule has 0 unspecified atom stereocenters. The predicted molar refractivity (Wildman–Crippen MR) is 121 cm³/mol. The summed E-state index contributed by atoms with van der Waals surface area (Å²) in [6.07, 6.45) is 0. The quantitative estimate of drug-likeness (QED) is 0.553. The highest BCUT2D eigenvalue weighted by Gasteiger charge is 2.32. The molecule has 1 aliphatic rings. The maximum Gasteiger partial charge on any atom is 0.244 e. The maximum absolute atomic E-state index is 13.4. The van der Waals surface area contributed by atoms with Crippen molar-refractivity contribution >= 4 is 38.6 Å². The van der Waals surface area contributed by atoms with Crippen LogP contribution in [0.1, 0.15) is 21.7 Å². The van der Waals surface area contributed by atoms with E-state index in [9.17, 15) is 8.42 Å². The molecule has 0 spiro atoms. The third kappa shape index (κ3) is 3.77. The van der Waals surface area contributed by atoms with Gasteiger partial charge in [0, 0.05) is 47.3 Å². The van der Waals surface area contributed by atoms with E-state index >= 15 is 0 Å². The molecular formula is C21H24ClN3O3S2. The molecule has 1 saturated heterocycles. The molecule has 4 rings (SSSR count). The Morgan fingerprint density at radius 1 is 1.07 bits per heavy atom. The molecule has 0 atom stereocenters. The lowest BCUT2D eigenvalue weighted by molar-refractivity contribution is 0.384. The molecule has 0 aliphatic carbocycles. The van der Waals surface area contributed by atoms with Gasteiger partial charge in [-0.1, -0.05) is 22.8 Å². The summed E-state index contributed by atoms with van der Waals surface area (Å²) in [7, 11) is -3.58. The standard InChI is InChI=1S/C21H24ClN3O3S2/c1-13-5-6-17(22)11-18(13)24-7-9-25(10-8-24)30(26,27)20-12-19(29-16(20)4)21-14(2)15(3)23-28-21/h5-6,11-12H,7-10H2,1-4H3. The van der Waals surface area contributed by atoms with E-state index in [2.05, 4.69) is 10.1 Å². The van der Waals surface area contributed by atoms with Gasteiger partial charge in [0.25, 0.3) is 0 Å². The highest BCUT2D eigenvalue weighted by molar-refractivity contribution is 7.89. The zero-order chi connectivity index (χ0) is 21.6. The van der Waals surface area contributed by atoms with Crippen LogP contribution < -0.4 is 4.90 Å². The number of halogens is 1. The van der Waals surface area contributed by atoms with Crippen LogP contribution in [0, 0.1) is 27.7 Å². The Bertz CT molecular complexity index is 1190. The Morgan fingerprint density at radius 2 is 1.77 bits per heavy atom. The van der Waals surface area contributed by atoms with Gasteiger partial charge in [-0.3, -0.25) is 0 Å². The van der Waals surface area contributed by atoms with Crippen LogP contribution in [0.2, 0.25) is 5.02 Å². The van der Waals surface area contributed by atoms with Gasteiger partial charge in [0.1, 0.15) is 0 Å². The molecule has 1 aliphatic heterocycles. The molecule has 1 fully saturated rings. The Balaban J connectivity index is 1.55. The van der Waals surface area contributed by atoms with Crippen molar-refractivity contribution < 1.29 is 12.9 Å². The first-order chi connectivity index (χ1) is 14.2. The molecule has 2 aromatic heterocycles. The van der Waals surface area contributed by atoms with Crippen LogP contribution in [0.15, 0.2) is 33.7 Å². The lowest BCUT2D eigenvalue weighted by atomic mass is 10.1. The van der Waals surface area contributed by atoms with Gasteiger partial charge in [0.05, 0.1) is 15.5 Å². The predicted octanol–water partition coefficient (Wildman–Crippen LogP) is 4.80. The average molecular weight is 466 g/mol. The van der Waals surface area contributed by atoms with E-state index in [-0.39, 0.29) is 0 Å². The van der Waals surface area contributed by atoms with E-state index in [1.165, 1.54) is 11.3 Å². The smallest absolute Gasteiger partial charge is 0.244 e. The molecular weight excluding hydrogens is 442 g/mol. The van der Waals surface area contributed by atoms with Crippen molar-refractivity contribution in [1.82, 2.24) is 9.46 Å². The Morgan fingerprint density at radius 3 is 2.40 bits per heavy atom. The van der Waals surface area contributed by atoms with Crippen molar-refractivity contribution in [2.24, 2.45) is 0 Å². The Kier molecular flexibility index (Phi) is 5.69. The van der Waals surface area contributed by atoms with E-state index < -0.39 is 10.0 Å². The molecule has 160 valence electrons. The minimum absolute atomic E-state index is 0.350. The van der Waals surface area contributed by atoms with E-state index in [0.29, 0.717) is 41.9 Å². The van der Waals surface area contributed by atoms with Crippen molar-refractivity contribution in [2.45, 2.75) is 32.6 Å². The number of aryl methyl sites for hydroxylation is 3. The fraction of sp³-hybridized carbons (Fsp3) is 0.381. The van der Waals surface area contributed by atoms with E-state index in [1.54, 1.807) is 10.4 Å². The summed E-state index contributed by atoms with van der Waals surface area (Å²) in [4.78, 5) is 4.09. The number of hydrogen-bond donors (Lipinski definition) is 0. The van der Waals surface area contributed by atoms with Crippen LogP contribution in [0.5, 0.6) is 0 Å². The van der Waals surface area contributed by atoms with E-state index in [4.69, 9.17) is 16.1 Å². The van der Waals surface area contributed by atoms with Crippen molar-refractivity contribution in [3.8, 4) is 10.6 Å². The molecule has 30 heavy (non-hydrogen) atoms. The summed E-state index contributed by atoms with van der Waals surface area (Å²) in [5.41, 5.74) is 3.94. The maximum atomic E-state index is 13.4. The number of aromatic nitrogens is 1.